The molecule has 0 bridgehead atoms. The fourth-order valence-electron chi connectivity index (χ4n) is 2.13. The Morgan fingerprint density at radius 2 is 1.96 bits per heavy atom. The van der Waals surface area contributed by atoms with E-state index in [1.165, 1.54) is 0 Å². The van der Waals surface area contributed by atoms with Crippen LogP contribution in [0.3, 0.4) is 0 Å². The second-order valence-corrected chi connectivity index (χ2v) is 6.37. The van der Waals surface area contributed by atoms with Gasteiger partial charge in [0.05, 0.1) is 6.04 Å². The minimum absolute atomic E-state index is 0.0163. The molecular formula is C17H18Cl2N2O2. The van der Waals surface area contributed by atoms with Gasteiger partial charge in [-0.3, -0.25) is 0 Å². The van der Waals surface area contributed by atoms with Crippen LogP contribution >= 0.6 is 23.2 Å². The molecule has 0 unspecified atom stereocenters. The van der Waals surface area contributed by atoms with Crippen LogP contribution in [-0.4, -0.2) is 21.1 Å². The summed E-state index contributed by atoms with van der Waals surface area (Å²) < 4.78 is 7.00. The Bertz CT molecular complexity index is 724. The van der Waals surface area contributed by atoms with Crippen LogP contribution in [0.4, 0.5) is 0 Å². The van der Waals surface area contributed by atoms with E-state index in [9.17, 15) is 4.79 Å². The summed E-state index contributed by atoms with van der Waals surface area (Å²) in [7, 11) is 0. The molecule has 4 nitrogen and oxygen atoms in total. The van der Waals surface area contributed by atoms with Gasteiger partial charge in [-0.05, 0) is 44.0 Å². The van der Waals surface area contributed by atoms with Crippen molar-refractivity contribution >= 4 is 29.2 Å². The smallest absolute Gasteiger partial charge is 0.359 e. The number of hydrogen-bond acceptors (Lipinski definition) is 3. The molecule has 0 aliphatic rings. The van der Waals surface area contributed by atoms with Crippen molar-refractivity contribution in [3.8, 4) is 0 Å². The number of benzene rings is 1. The summed E-state index contributed by atoms with van der Waals surface area (Å²) >= 11 is 12.3. The van der Waals surface area contributed by atoms with Crippen molar-refractivity contribution in [1.29, 1.82) is 0 Å². The summed E-state index contributed by atoms with van der Waals surface area (Å²) in [5, 5.41) is 0.150. The second-order valence-electron chi connectivity index (χ2n) is 5.67. The summed E-state index contributed by atoms with van der Waals surface area (Å²) in [5.41, 5.74) is 0.279. The zero-order valence-electron chi connectivity index (χ0n) is 13.2. The van der Waals surface area contributed by atoms with Crippen molar-refractivity contribution in [3.63, 3.8) is 0 Å². The van der Waals surface area contributed by atoms with Gasteiger partial charge in [0.2, 0.25) is 5.28 Å². The number of aromatic nitrogens is 2. The average molecular weight is 353 g/mol. The lowest BCUT2D eigenvalue weighted by Crippen LogP contribution is -2.27. The highest BCUT2D eigenvalue weighted by Crippen LogP contribution is 2.30. The summed E-state index contributed by atoms with van der Waals surface area (Å²) in [6, 6.07) is 9.41. The lowest BCUT2D eigenvalue weighted by Gasteiger charge is -2.23. The van der Waals surface area contributed by atoms with Gasteiger partial charge in [-0.2, -0.15) is 0 Å². The molecule has 0 amide bonds. The molecule has 23 heavy (non-hydrogen) atoms. The molecule has 1 atom stereocenters. The van der Waals surface area contributed by atoms with Crippen LogP contribution in [0, 0.1) is 0 Å². The van der Waals surface area contributed by atoms with E-state index in [0.717, 1.165) is 5.56 Å². The van der Waals surface area contributed by atoms with Gasteiger partial charge in [0.15, 0.2) is 10.8 Å². The zero-order valence-corrected chi connectivity index (χ0v) is 14.7. The van der Waals surface area contributed by atoms with Gasteiger partial charge in [-0.25, -0.2) is 9.78 Å². The second kappa shape index (κ2) is 6.77. The third kappa shape index (κ3) is 3.77. The van der Waals surface area contributed by atoms with Crippen molar-refractivity contribution in [2.75, 3.05) is 0 Å². The van der Waals surface area contributed by atoms with E-state index >= 15 is 0 Å². The van der Waals surface area contributed by atoms with Crippen LogP contribution in [0.15, 0.2) is 43.0 Å². The van der Waals surface area contributed by atoms with Crippen molar-refractivity contribution in [1.82, 2.24) is 9.55 Å². The maximum absolute atomic E-state index is 12.5. The van der Waals surface area contributed by atoms with E-state index in [1.54, 1.807) is 24.5 Å². The Kier molecular flexibility index (Phi) is 5.17. The predicted molar refractivity (Wildman–Crippen MR) is 92.2 cm³/mol. The van der Waals surface area contributed by atoms with Gasteiger partial charge >= 0.3 is 5.97 Å². The van der Waals surface area contributed by atoms with Gasteiger partial charge in [0, 0.05) is 0 Å². The van der Waals surface area contributed by atoms with Crippen LogP contribution in [0.5, 0.6) is 0 Å². The van der Waals surface area contributed by atoms with Gasteiger partial charge in [0.1, 0.15) is 5.60 Å². The Morgan fingerprint density at radius 3 is 2.52 bits per heavy atom. The highest BCUT2D eigenvalue weighted by Gasteiger charge is 2.29. The number of hydrogen-bond donors (Lipinski definition) is 0. The van der Waals surface area contributed by atoms with E-state index in [1.807, 2.05) is 37.3 Å². The first-order valence-electron chi connectivity index (χ1n) is 7.12. The highest BCUT2D eigenvalue weighted by molar-refractivity contribution is 6.34. The third-order valence-corrected chi connectivity index (χ3v) is 4.07. The van der Waals surface area contributed by atoms with Crippen molar-refractivity contribution in [2.45, 2.75) is 32.4 Å². The van der Waals surface area contributed by atoms with E-state index in [-0.39, 0.29) is 22.2 Å². The Balaban J connectivity index is 2.46. The molecule has 1 heterocycles. The predicted octanol–water partition coefficient (Wildman–Crippen LogP) is 4.92. The number of nitrogens with zero attached hydrogens (tertiary/aromatic N) is 2. The third-order valence-electron chi connectivity index (χ3n) is 3.54. The molecule has 0 aliphatic heterocycles. The summed E-state index contributed by atoms with van der Waals surface area (Å²) in [6.45, 7) is 9.03. The number of rotatable bonds is 5. The Labute approximate surface area is 145 Å². The standard InChI is InChI=1S/C17H18Cl2N2O2/c1-5-17(3,4)23-15(22)13-14(18)20-16(19)21(13)11(2)12-9-7-6-8-10-12/h5-11H,1H2,2-4H3/t11-/m1/s1. The van der Waals surface area contributed by atoms with Crippen LogP contribution in [-0.2, 0) is 4.74 Å². The summed E-state index contributed by atoms with van der Waals surface area (Å²) in [4.78, 5) is 16.5. The fourth-order valence-corrected chi connectivity index (χ4v) is 2.73. The van der Waals surface area contributed by atoms with Crippen LogP contribution < -0.4 is 0 Å². The largest absolute Gasteiger partial charge is 0.451 e. The molecule has 2 rings (SSSR count). The number of esters is 1. The minimum Gasteiger partial charge on any atom is -0.451 e. The Hall–Kier alpha value is -1.78. The number of ether oxygens (including phenoxy) is 1. The van der Waals surface area contributed by atoms with Crippen LogP contribution in [0.2, 0.25) is 10.4 Å². The first-order chi connectivity index (χ1) is 10.8. The van der Waals surface area contributed by atoms with Gasteiger partial charge in [-0.1, -0.05) is 48.5 Å². The molecule has 0 aliphatic carbocycles. The van der Waals surface area contributed by atoms with E-state index in [0.29, 0.717) is 0 Å². The van der Waals surface area contributed by atoms with Crippen LogP contribution in [0.25, 0.3) is 0 Å². The topological polar surface area (TPSA) is 44.1 Å². The minimum atomic E-state index is -0.821. The molecule has 0 spiro atoms. The summed E-state index contributed by atoms with van der Waals surface area (Å²) in [5.74, 6) is -0.595. The van der Waals surface area contributed by atoms with Crippen molar-refractivity contribution in [3.05, 3.63) is 64.7 Å². The van der Waals surface area contributed by atoms with Gasteiger partial charge in [-0.15, -0.1) is 0 Å². The summed E-state index contributed by atoms with van der Waals surface area (Å²) in [6.07, 6.45) is 1.54. The zero-order chi connectivity index (χ0) is 17.2. The number of carbonyl (C=O) groups is 1. The first-order valence-corrected chi connectivity index (χ1v) is 7.87. The van der Waals surface area contributed by atoms with E-state index in [4.69, 9.17) is 27.9 Å². The van der Waals surface area contributed by atoms with Gasteiger partial charge < -0.3 is 9.30 Å². The SMILES string of the molecule is C=CC(C)(C)OC(=O)c1c(Cl)nc(Cl)n1[C@H](C)c1ccccc1. The molecule has 1 aromatic heterocycles. The molecule has 0 N–H and O–H groups in total. The quantitative estimate of drug-likeness (QED) is 0.566. The normalized spacial score (nSPS) is 12.7. The molecule has 1 aromatic carbocycles. The molecule has 0 saturated heterocycles. The fraction of sp³-hybridized carbons (Fsp3) is 0.294. The van der Waals surface area contributed by atoms with Crippen molar-refractivity contribution in [2.24, 2.45) is 0 Å². The van der Waals surface area contributed by atoms with E-state index in [2.05, 4.69) is 11.6 Å². The molecule has 0 fully saturated rings. The molecular weight excluding hydrogens is 335 g/mol. The van der Waals surface area contributed by atoms with Crippen molar-refractivity contribution < 1.29 is 9.53 Å². The first kappa shape index (κ1) is 17.6. The van der Waals surface area contributed by atoms with E-state index < -0.39 is 11.6 Å². The number of imidazole rings is 1. The van der Waals surface area contributed by atoms with Gasteiger partial charge in [0.25, 0.3) is 0 Å². The maximum Gasteiger partial charge on any atom is 0.359 e. The molecule has 122 valence electrons. The molecule has 0 saturated carbocycles. The highest BCUT2D eigenvalue weighted by atomic mass is 35.5. The lowest BCUT2D eigenvalue weighted by molar-refractivity contribution is 0.0161. The molecule has 0 radical (unpaired) electrons. The average Bonchev–Trinajstić information content (AvgIpc) is 2.81. The number of halogens is 2. The lowest BCUT2D eigenvalue weighted by atomic mass is 10.1. The number of carbonyl (C=O) groups excluding carboxylic acids is 1. The maximum atomic E-state index is 12.5. The Morgan fingerprint density at radius 1 is 1.35 bits per heavy atom. The monoisotopic (exact) mass is 352 g/mol. The molecule has 6 heteroatoms. The van der Waals surface area contributed by atoms with Crippen LogP contribution in [0.1, 0.15) is 42.9 Å². The molecule has 2 aromatic rings.